The quantitative estimate of drug-likeness (QED) is 0.849. The lowest BCUT2D eigenvalue weighted by atomic mass is 9.99. The van der Waals surface area contributed by atoms with Crippen molar-refractivity contribution >= 4 is 23.2 Å². The predicted octanol–water partition coefficient (Wildman–Crippen LogP) is 2.31. The average molecular weight is 267 g/mol. The van der Waals surface area contributed by atoms with Gasteiger partial charge in [0, 0.05) is 38.1 Å². The molecule has 3 nitrogen and oxygen atoms in total. The number of halogens is 1. The number of hydrogen-bond donors (Lipinski definition) is 1. The average Bonchev–Trinajstić information content (AvgIpc) is 2.37. The highest BCUT2D eigenvalue weighted by Gasteiger charge is 2.13. The van der Waals surface area contributed by atoms with E-state index >= 15 is 0 Å². The molecule has 1 aliphatic heterocycles. The van der Waals surface area contributed by atoms with Crippen LogP contribution in [0, 0.1) is 0 Å². The molecular formula is C14H19ClN2O. The van der Waals surface area contributed by atoms with E-state index in [1.807, 2.05) is 0 Å². The molecule has 0 aliphatic carbocycles. The van der Waals surface area contributed by atoms with Crippen LogP contribution in [0.15, 0.2) is 18.2 Å². The summed E-state index contributed by atoms with van der Waals surface area (Å²) in [5.41, 5.74) is 3.86. The van der Waals surface area contributed by atoms with Crippen LogP contribution in [-0.2, 0) is 17.8 Å². The first-order valence-corrected chi connectivity index (χ1v) is 6.90. The molecule has 0 fully saturated rings. The summed E-state index contributed by atoms with van der Waals surface area (Å²) in [6, 6.07) is 6.44. The summed E-state index contributed by atoms with van der Waals surface area (Å²) in [6.07, 6.45) is 2.71. The number of nitrogens with one attached hydrogen (secondary N) is 1. The number of anilines is 1. The van der Waals surface area contributed by atoms with E-state index in [4.69, 9.17) is 11.6 Å². The number of hydrogen-bond acceptors (Lipinski definition) is 2. The Morgan fingerprint density at radius 3 is 3.11 bits per heavy atom. The number of aryl methyl sites for hydroxylation is 1. The molecule has 1 aromatic rings. The molecule has 1 N–H and O–H groups in total. The van der Waals surface area contributed by atoms with E-state index in [1.54, 1.807) is 0 Å². The summed E-state index contributed by atoms with van der Waals surface area (Å²) < 4.78 is 0. The molecule has 0 unspecified atom stereocenters. The minimum absolute atomic E-state index is 0.0137. The van der Waals surface area contributed by atoms with Crippen molar-refractivity contribution in [2.24, 2.45) is 0 Å². The van der Waals surface area contributed by atoms with Crippen molar-refractivity contribution in [1.82, 2.24) is 5.32 Å². The lowest BCUT2D eigenvalue weighted by molar-refractivity contribution is -0.120. The van der Waals surface area contributed by atoms with Gasteiger partial charge in [0.25, 0.3) is 0 Å². The lowest BCUT2D eigenvalue weighted by Crippen LogP contribution is -2.25. The summed E-state index contributed by atoms with van der Waals surface area (Å²) >= 11 is 5.52. The van der Waals surface area contributed by atoms with Crippen molar-refractivity contribution in [3.8, 4) is 0 Å². The predicted molar refractivity (Wildman–Crippen MR) is 75.2 cm³/mol. The number of carbonyl (C=O) groups is 1. The zero-order chi connectivity index (χ0) is 13.0. The molecule has 0 spiro atoms. The van der Waals surface area contributed by atoms with Crippen molar-refractivity contribution in [3.05, 3.63) is 29.3 Å². The summed E-state index contributed by atoms with van der Waals surface area (Å²) in [4.78, 5) is 13.6. The molecule has 1 amide bonds. The highest BCUT2D eigenvalue weighted by molar-refractivity contribution is 6.18. The molecular weight excluding hydrogens is 248 g/mol. The molecule has 1 aromatic carbocycles. The largest absolute Gasteiger partial charge is 0.374 e. The molecule has 1 aliphatic rings. The van der Waals surface area contributed by atoms with E-state index in [2.05, 4.69) is 35.5 Å². The van der Waals surface area contributed by atoms with Crippen molar-refractivity contribution in [2.45, 2.75) is 25.8 Å². The molecule has 0 saturated carbocycles. The minimum Gasteiger partial charge on any atom is -0.374 e. The molecule has 2 rings (SSSR count). The third-order valence-electron chi connectivity index (χ3n) is 3.31. The molecule has 0 radical (unpaired) electrons. The Bertz CT molecular complexity index is 434. The van der Waals surface area contributed by atoms with Crippen molar-refractivity contribution < 1.29 is 4.79 Å². The first-order chi connectivity index (χ1) is 8.70. The number of carbonyl (C=O) groups excluding carboxylic acids is 1. The fourth-order valence-electron chi connectivity index (χ4n) is 2.32. The zero-order valence-electron chi connectivity index (χ0n) is 10.7. The maximum atomic E-state index is 11.4. The van der Waals surface area contributed by atoms with E-state index < -0.39 is 0 Å². The number of nitrogens with zero attached hydrogens (tertiary/aromatic N) is 1. The highest BCUT2D eigenvalue weighted by Crippen LogP contribution is 2.26. The molecule has 0 atom stereocenters. The maximum absolute atomic E-state index is 11.4. The van der Waals surface area contributed by atoms with Crippen molar-refractivity contribution in [2.75, 3.05) is 24.4 Å². The van der Waals surface area contributed by atoms with Crippen molar-refractivity contribution in [3.63, 3.8) is 0 Å². The number of benzene rings is 1. The van der Waals surface area contributed by atoms with Crippen LogP contribution in [-0.4, -0.2) is 25.4 Å². The van der Waals surface area contributed by atoms with Gasteiger partial charge in [-0.25, -0.2) is 0 Å². The van der Waals surface area contributed by atoms with Gasteiger partial charge in [0.1, 0.15) is 0 Å². The first-order valence-electron chi connectivity index (χ1n) is 6.36. The number of rotatable bonds is 4. The number of amides is 1. The van der Waals surface area contributed by atoms with Gasteiger partial charge < -0.3 is 10.2 Å². The van der Waals surface area contributed by atoms with Crippen LogP contribution in [0.1, 0.15) is 24.0 Å². The van der Waals surface area contributed by atoms with Gasteiger partial charge in [-0.05, 0) is 30.0 Å². The zero-order valence-corrected chi connectivity index (χ0v) is 11.5. The van der Waals surface area contributed by atoms with Gasteiger partial charge in [-0.15, -0.1) is 11.6 Å². The van der Waals surface area contributed by atoms with Crippen molar-refractivity contribution in [1.29, 1.82) is 0 Å². The monoisotopic (exact) mass is 266 g/mol. The van der Waals surface area contributed by atoms with Crippen LogP contribution in [0.4, 0.5) is 5.69 Å². The van der Waals surface area contributed by atoms with Crippen LogP contribution in [0.25, 0.3) is 0 Å². The summed E-state index contributed by atoms with van der Waals surface area (Å²) in [6.45, 7) is 1.71. The fourth-order valence-corrected chi connectivity index (χ4v) is 2.50. The Morgan fingerprint density at radius 1 is 1.50 bits per heavy atom. The molecule has 98 valence electrons. The maximum Gasteiger partial charge on any atom is 0.221 e. The third kappa shape index (κ3) is 3.16. The summed E-state index contributed by atoms with van der Waals surface area (Å²) in [5.74, 6) is 0.390. The molecule has 18 heavy (non-hydrogen) atoms. The lowest BCUT2D eigenvalue weighted by Gasteiger charge is -2.27. The van der Waals surface area contributed by atoms with Crippen LogP contribution in [0.3, 0.4) is 0 Å². The molecule has 4 heteroatoms. The number of alkyl halides is 1. The highest BCUT2D eigenvalue weighted by atomic mass is 35.5. The molecule has 0 aromatic heterocycles. The normalized spacial score (nSPS) is 14.2. The smallest absolute Gasteiger partial charge is 0.221 e. The van der Waals surface area contributed by atoms with Crippen LogP contribution >= 0.6 is 11.6 Å². The standard InChI is InChI=1S/C14H19ClN2O/c1-17-8-2-3-12-9-11(4-5-13(12)17)10-16-14(18)6-7-15/h4-5,9H,2-3,6-8,10H2,1H3,(H,16,18). The van der Waals surface area contributed by atoms with Gasteiger partial charge in [-0.2, -0.15) is 0 Å². The Hall–Kier alpha value is -1.22. The van der Waals surface area contributed by atoms with Gasteiger partial charge in [0.2, 0.25) is 5.91 Å². The summed E-state index contributed by atoms with van der Waals surface area (Å²) in [5, 5.41) is 2.88. The van der Waals surface area contributed by atoms with Crippen LogP contribution in [0.2, 0.25) is 0 Å². The van der Waals surface area contributed by atoms with Gasteiger partial charge in [-0.3, -0.25) is 4.79 Å². The molecule has 0 bridgehead atoms. The minimum atomic E-state index is 0.0137. The van der Waals surface area contributed by atoms with E-state index in [0.717, 1.165) is 18.5 Å². The van der Waals surface area contributed by atoms with Gasteiger partial charge >= 0.3 is 0 Å². The second-order valence-electron chi connectivity index (χ2n) is 4.70. The van der Waals surface area contributed by atoms with E-state index in [9.17, 15) is 4.79 Å². The Balaban J connectivity index is 2.00. The Morgan fingerprint density at radius 2 is 2.33 bits per heavy atom. The Kier molecular flexibility index (Phi) is 4.48. The van der Waals surface area contributed by atoms with Gasteiger partial charge in [0.15, 0.2) is 0 Å². The van der Waals surface area contributed by atoms with E-state index in [-0.39, 0.29) is 5.91 Å². The first kappa shape index (κ1) is 13.2. The summed E-state index contributed by atoms with van der Waals surface area (Å²) in [7, 11) is 2.12. The van der Waals surface area contributed by atoms with Crippen LogP contribution in [0.5, 0.6) is 0 Å². The fraction of sp³-hybridized carbons (Fsp3) is 0.500. The van der Waals surface area contributed by atoms with Gasteiger partial charge in [-0.1, -0.05) is 12.1 Å². The molecule has 1 heterocycles. The van der Waals surface area contributed by atoms with Crippen LogP contribution < -0.4 is 10.2 Å². The molecule has 0 saturated heterocycles. The second-order valence-corrected chi connectivity index (χ2v) is 5.08. The Labute approximate surface area is 113 Å². The number of fused-ring (bicyclic) bond motifs is 1. The SMILES string of the molecule is CN1CCCc2cc(CNC(=O)CCCl)ccc21. The van der Waals surface area contributed by atoms with E-state index in [0.29, 0.717) is 18.8 Å². The third-order valence-corrected chi connectivity index (χ3v) is 3.50. The topological polar surface area (TPSA) is 32.3 Å². The van der Waals surface area contributed by atoms with Gasteiger partial charge in [0.05, 0.1) is 0 Å². The second kappa shape index (κ2) is 6.10. The van der Waals surface area contributed by atoms with E-state index in [1.165, 1.54) is 17.7 Å².